The Labute approximate surface area is 120 Å². The Morgan fingerprint density at radius 2 is 1.81 bits per heavy atom. The first-order valence-electron chi connectivity index (χ1n) is 5.78. The van der Waals surface area contributed by atoms with Gasteiger partial charge in [-0.3, -0.25) is 20.4 Å². The van der Waals surface area contributed by atoms with E-state index in [0.29, 0.717) is 17.6 Å². The predicted molar refractivity (Wildman–Crippen MR) is 71.6 cm³/mol. The molecule has 0 spiro atoms. The van der Waals surface area contributed by atoms with Gasteiger partial charge in [0.25, 0.3) is 11.8 Å². The molecule has 0 radical (unpaired) electrons. The average molecular weight is 294 g/mol. The molecular formula is C13H14N2O6. The number of rotatable bonds is 6. The molecule has 21 heavy (non-hydrogen) atoms. The smallest absolute Gasteiger partial charge is 0.328 e. The number of hydrogen-bond acceptors (Lipinski definition) is 5. The number of carboxylic acid groups (broad SMARTS) is 1. The van der Waals surface area contributed by atoms with Crippen LogP contribution in [0.25, 0.3) is 0 Å². The zero-order valence-corrected chi connectivity index (χ0v) is 11.2. The van der Waals surface area contributed by atoms with E-state index in [0.717, 1.165) is 6.08 Å². The average Bonchev–Trinajstić information content (AvgIpc) is 2.49. The van der Waals surface area contributed by atoms with Crippen LogP contribution in [0, 0.1) is 0 Å². The maximum Gasteiger partial charge on any atom is 0.328 e. The minimum absolute atomic E-state index is 0.344. The second kappa shape index (κ2) is 8.20. The van der Waals surface area contributed by atoms with E-state index in [1.54, 1.807) is 24.3 Å². The summed E-state index contributed by atoms with van der Waals surface area (Å²) < 4.78 is 10.3. The number of carbonyl (C=O) groups is 3. The van der Waals surface area contributed by atoms with Crippen LogP contribution in [-0.4, -0.2) is 36.6 Å². The van der Waals surface area contributed by atoms with Crippen LogP contribution in [-0.2, 0) is 14.4 Å². The molecule has 8 heteroatoms. The van der Waals surface area contributed by atoms with E-state index < -0.39 is 17.8 Å². The Balaban J connectivity index is 2.38. The highest BCUT2D eigenvalue weighted by Crippen LogP contribution is 2.25. The van der Waals surface area contributed by atoms with Crippen molar-refractivity contribution in [1.29, 1.82) is 0 Å². The summed E-state index contributed by atoms with van der Waals surface area (Å²) in [7, 11) is 1.47. The molecule has 0 saturated heterocycles. The van der Waals surface area contributed by atoms with Crippen molar-refractivity contribution >= 4 is 17.8 Å². The van der Waals surface area contributed by atoms with Crippen molar-refractivity contribution in [2.24, 2.45) is 0 Å². The third-order valence-electron chi connectivity index (χ3n) is 2.13. The van der Waals surface area contributed by atoms with Crippen molar-refractivity contribution in [2.75, 3.05) is 13.7 Å². The molecule has 0 atom stereocenters. The summed E-state index contributed by atoms with van der Waals surface area (Å²) in [5.74, 6) is -1.80. The molecule has 0 bridgehead atoms. The fraction of sp³-hybridized carbons (Fsp3) is 0.154. The number of ether oxygens (including phenoxy) is 2. The van der Waals surface area contributed by atoms with Crippen LogP contribution < -0.4 is 20.3 Å². The van der Waals surface area contributed by atoms with Crippen molar-refractivity contribution in [3.63, 3.8) is 0 Å². The highest BCUT2D eigenvalue weighted by atomic mass is 16.5. The monoisotopic (exact) mass is 294 g/mol. The third-order valence-corrected chi connectivity index (χ3v) is 2.13. The van der Waals surface area contributed by atoms with Gasteiger partial charge in [0, 0.05) is 12.2 Å². The largest absolute Gasteiger partial charge is 0.493 e. The molecule has 0 fully saturated rings. The Morgan fingerprint density at radius 3 is 2.43 bits per heavy atom. The van der Waals surface area contributed by atoms with Crippen molar-refractivity contribution < 1.29 is 29.0 Å². The number of carboxylic acids is 1. The number of hydrazine groups is 1. The minimum atomic E-state index is -1.27. The molecule has 0 aliphatic rings. The van der Waals surface area contributed by atoms with E-state index in [9.17, 15) is 14.4 Å². The quantitative estimate of drug-likeness (QED) is 0.497. The van der Waals surface area contributed by atoms with Gasteiger partial charge >= 0.3 is 5.97 Å². The summed E-state index contributed by atoms with van der Waals surface area (Å²) in [6.07, 6.45) is 1.41. The van der Waals surface area contributed by atoms with Crippen molar-refractivity contribution in [2.45, 2.75) is 0 Å². The first-order valence-corrected chi connectivity index (χ1v) is 5.78. The molecule has 0 heterocycles. The van der Waals surface area contributed by atoms with Crippen LogP contribution in [0.4, 0.5) is 0 Å². The first kappa shape index (κ1) is 16.0. The lowest BCUT2D eigenvalue weighted by Gasteiger charge is -2.10. The molecule has 0 aliphatic carbocycles. The second-order valence-corrected chi connectivity index (χ2v) is 3.65. The number of nitrogens with one attached hydrogen (secondary N) is 2. The molecular weight excluding hydrogens is 280 g/mol. The Morgan fingerprint density at radius 1 is 1.14 bits per heavy atom. The molecule has 0 unspecified atom stereocenters. The van der Waals surface area contributed by atoms with Crippen LogP contribution >= 0.6 is 0 Å². The zero-order valence-electron chi connectivity index (χ0n) is 11.2. The number of carbonyl (C=O) groups excluding carboxylic acids is 2. The number of methoxy groups -OCH3 is 1. The van der Waals surface area contributed by atoms with Gasteiger partial charge in [-0.2, -0.15) is 0 Å². The lowest BCUT2D eigenvalue weighted by atomic mass is 10.3. The van der Waals surface area contributed by atoms with Crippen LogP contribution in [0.5, 0.6) is 11.5 Å². The Hall–Kier alpha value is -3.03. The second-order valence-electron chi connectivity index (χ2n) is 3.65. The van der Waals surface area contributed by atoms with Crippen molar-refractivity contribution in [3.8, 4) is 11.5 Å². The van der Waals surface area contributed by atoms with Gasteiger partial charge in [0.15, 0.2) is 18.1 Å². The van der Waals surface area contributed by atoms with Crippen LogP contribution in [0.2, 0.25) is 0 Å². The standard InChI is InChI=1S/C13H14N2O6/c1-20-9-4-2-3-5-10(9)21-8-12(17)15-14-11(16)6-7-13(18)19/h2-7H,8H2,1H3,(H,14,16)(H,15,17)(H,18,19)/b7-6+. The highest BCUT2D eigenvalue weighted by Gasteiger charge is 2.07. The van der Waals surface area contributed by atoms with E-state index in [2.05, 4.69) is 5.43 Å². The zero-order chi connectivity index (χ0) is 15.7. The molecule has 112 valence electrons. The third kappa shape index (κ3) is 6.10. The summed E-state index contributed by atoms with van der Waals surface area (Å²) in [5.41, 5.74) is 4.07. The molecule has 0 aromatic heterocycles. The van der Waals surface area contributed by atoms with Crippen LogP contribution in [0.15, 0.2) is 36.4 Å². The van der Waals surface area contributed by atoms with Crippen molar-refractivity contribution in [3.05, 3.63) is 36.4 Å². The molecule has 8 nitrogen and oxygen atoms in total. The summed E-state index contributed by atoms with van der Waals surface area (Å²) >= 11 is 0. The number of aliphatic carboxylic acids is 1. The van der Waals surface area contributed by atoms with Gasteiger partial charge in [-0.15, -0.1) is 0 Å². The molecule has 2 amide bonds. The van der Waals surface area contributed by atoms with Crippen LogP contribution in [0.1, 0.15) is 0 Å². The van der Waals surface area contributed by atoms with E-state index in [4.69, 9.17) is 14.6 Å². The number of amides is 2. The van der Waals surface area contributed by atoms with E-state index >= 15 is 0 Å². The normalized spacial score (nSPS) is 9.95. The maximum atomic E-state index is 11.4. The molecule has 1 aromatic carbocycles. The molecule has 3 N–H and O–H groups in total. The lowest BCUT2D eigenvalue weighted by Crippen LogP contribution is -2.43. The SMILES string of the molecule is COc1ccccc1OCC(=O)NNC(=O)/C=C/C(=O)O. The van der Waals surface area contributed by atoms with Crippen molar-refractivity contribution in [1.82, 2.24) is 10.9 Å². The summed E-state index contributed by atoms with van der Waals surface area (Å²) in [6.45, 7) is -0.344. The number of benzene rings is 1. The van der Waals surface area contributed by atoms with Gasteiger partial charge in [0.05, 0.1) is 7.11 Å². The predicted octanol–water partition coefficient (Wildman–Crippen LogP) is -0.138. The van der Waals surface area contributed by atoms with E-state index in [1.165, 1.54) is 7.11 Å². The summed E-state index contributed by atoms with van der Waals surface area (Å²) in [6, 6.07) is 6.76. The number of para-hydroxylation sites is 2. The lowest BCUT2D eigenvalue weighted by molar-refractivity contribution is -0.131. The molecule has 0 aliphatic heterocycles. The van der Waals surface area contributed by atoms with Gasteiger partial charge < -0.3 is 14.6 Å². The van der Waals surface area contributed by atoms with Gasteiger partial charge in [-0.05, 0) is 12.1 Å². The van der Waals surface area contributed by atoms with Gasteiger partial charge in [-0.25, -0.2) is 4.79 Å². The molecule has 1 aromatic rings. The fourth-order valence-electron chi connectivity index (χ4n) is 1.24. The first-order chi connectivity index (χ1) is 10.0. The van der Waals surface area contributed by atoms with Gasteiger partial charge in [0.2, 0.25) is 0 Å². The molecule has 0 saturated carbocycles. The van der Waals surface area contributed by atoms with Crippen LogP contribution in [0.3, 0.4) is 0 Å². The van der Waals surface area contributed by atoms with E-state index in [1.807, 2.05) is 5.43 Å². The summed E-state index contributed by atoms with van der Waals surface area (Å²) in [4.78, 5) is 32.7. The Kier molecular flexibility index (Phi) is 6.26. The maximum absolute atomic E-state index is 11.4. The Bertz CT molecular complexity index is 555. The van der Waals surface area contributed by atoms with Gasteiger partial charge in [0.1, 0.15) is 0 Å². The van der Waals surface area contributed by atoms with Gasteiger partial charge in [-0.1, -0.05) is 12.1 Å². The minimum Gasteiger partial charge on any atom is -0.493 e. The fourth-order valence-corrected chi connectivity index (χ4v) is 1.24. The number of hydrogen-bond donors (Lipinski definition) is 3. The highest BCUT2D eigenvalue weighted by molar-refractivity contribution is 5.94. The summed E-state index contributed by atoms with van der Waals surface area (Å²) in [5, 5.41) is 8.31. The molecule has 1 rings (SSSR count). The topological polar surface area (TPSA) is 114 Å². The van der Waals surface area contributed by atoms with E-state index in [-0.39, 0.29) is 6.61 Å².